The average molecular weight is 256 g/mol. The number of nitrogens with zero attached hydrogens (tertiary/aromatic N) is 4. The van der Waals surface area contributed by atoms with Gasteiger partial charge in [0.2, 0.25) is 0 Å². The highest BCUT2D eigenvalue weighted by atomic mass is 14.9. The summed E-state index contributed by atoms with van der Waals surface area (Å²) in [6.45, 7) is 7.82. The summed E-state index contributed by atoms with van der Waals surface area (Å²) in [7, 11) is 0. The first-order valence-corrected chi connectivity index (χ1v) is 5.89. The minimum Gasteiger partial charge on any atom is -0.232 e. The van der Waals surface area contributed by atoms with E-state index < -0.39 is 0 Å². The van der Waals surface area contributed by atoms with Gasteiger partial charge < -0.3 is 0 Å². The van der Waals surface area contributed by atoms with E-state index in [-0.39, 0.29) is 11.4 Å². The van der Waals surface area contributed by atoms with Crippen molar-refractivity contribution in [3.8, 4) is 23.4 Å². The lowest BCUT2D eigenvalue weighted by Gasteiger charge is -2.03. The Hall–Kier alpha value is -3.24. The summed E-state index contributed by atoms with van der Waals surface area (Å²) >= 11 is 0. The van der Waals surface area contributed by atoms with Crippen molar-refractivity contribution in [1.29, 1.82) is 10.5 Å². The van der Waals surface area contributed by atoms with E-state index in [0.717, 1.165) is 16.7 Å². The first kappa shape index (κ1) is 11.8. The van der Waals surface area contributed by atoms with E-state index in [0.29, 0.717) is 17.0 Å². The molecule has 1 heterocycles. The van der Waals surface area contributed by atoms with Crippen LogP contribution in [0.3, 0.4) is 0 Å². The summed E-state index contributed by atoms with van der Waals surface area (Å²) in [5.74, 6) is 0. The van der Waals surface area contributed by atoms with Gasteiger partial charge in [-0.1, -0.05) is 37.4 Å². The van der Waals surface area contributed by atoms with Crippen molar-refractivity contribution < 1.29 is 0 Å². The molecule has 1 aliphatic rings. The SMILES string of the molecule is C=Cc1cccc2c1C(=C)c1nc(C#N)c(C#N)nc1-2. The number of benzene rings is 1. The van der Waals surface area contributed by atoms with Gasteiger partial charge in [-0.2, -0.15) is 10.5 Å². The zero-order chi connectivity index (χ0) is 14.3. The molecule has 1 aliphatic carbocycles. The van der Waals surface area contributed by atoms with Gasteiger partial charge in [0.15, 0.2) is 11.4 Å². The Morgan fingerprint density at radius 1 is 1.05 bits per heavy atom. The van der Waals surface area contributed by atoms with Crippen LogP contribution in [0, 0.1) is 22.7 Å². The third-order valence-electron chi connectivity index (χ3n) is 3.27. The molecule has 4 heteroatoms. The van der Waals surface area contributed by atoms with Gasteiger partial charge in [-0.3, -0.25) is 0 Å². The topological polar surface area (TPSA) is 73.4 Å². The summed E-state index contributed by atoms with van der Waals surface area (Å²) in [5, 5.41) is 18.1. The van der Waals surface area contributed by atoms with Gasteiger partial charge in [0.1, 0.15) is 12.1 Å². The van der Waals surface area contributed by atoms with E-state index in [1.54, 1.807) is 6.08 Å². The van der Waals surface area contributed by atoms with Gasteiger partial charge in [-0.05, 0) is 11.1 Å². The van der Waals surface area contributed by atoms with Gasteiger partial charge in [-0.15, -0.1) is 0 Å². The first-order chi connectivity index (χ1) is 9.71. The second kappa shape index (κ2) is 4.15. The lowest BCUT2D eigenvalue weighted by molar-refractivity contribution is 1.12. The molecule has 2 aromatic rings. The Morgan fingerprint density at radius 2 is 1.70 bits per heavy atom. The Morgan fingerprint density at radius 3 is 2.30 bits per heavy atom. The van der Waals surface area contributed by atoms with Crippen molar-refractivity contribution in [3.05, 3.63) is 59.6 Å². The molecular formula is C16H8N4. The van der Waals surface area contributed by atoms with Crippen LogP contribution in [-0.4, -0.2) is 9.97 Å². The number of rotatable bonds is 1. The van der Waals surface area contributed by atoms with Crippen molar-refractivity contribution in [2.24, 2.45) is 0 Å². The van der Waals surface area contributed by atoms with Crippen LogP contribution in [0.15, 0.2) is 31.4 Å². The molecule has 0 saturated carbocycles. The van der Waals surface area contributed by atoms with Crippen molar-refractivity contribution in [2.45, 2.75) is 0 Å². The maximum absolute atomic E-state index is 9.05. The number of aromatic nitrogens is 2. The first-order valence-electron chi connectivity index (χ1n) is 5.89. The Kier molecular flexibility index (Phi) is 2.45. The molecule has 0 unspecified atom stereocenters. The molecule has 0 atom stereocenters. The normalized spacial score (nSPS) is 11.2. The molecule has 0 radical (unpaired) electrons. The van der Waals surface area contributed by atoms with Crippen molar-refractivity contribution in [1.82, 2.24) is 9.97 Å². The Labute approximate surface area is 116 Å². The maximum atomic E-state index is 9.05. The largest absolute Gasteiger partial charge is 0.232 e. The summed E-state index contributed by atoms with van der Waals surface area (Å²) < 4.78 is 0. The minimum absolute atomic E-state index is 0.0281. The molecule has 4 nitrogen and oxygen atoms in total. The van der Waals surface area contributed by atoms with Crippen LogP contribution in [0.4, 0.5) is 0 Å². The lowest BCUT2D eigenvalue weighted by atomic mass is 10.0. The zero-order valence-electron chi connectivity index (χ0n) is 10.5. The predicted molar refractivity (Wildman–Crippen MR) is 75.1 cm³/mol. The van der Waals surface area contributed by atoms with E-state index >= 15 is 0 Å². The van der Waals surface area contributed by atoms with E-state index in [4.69, 9.17) is 10.5 Å². The lowest BCUT2D eigenvalue weighted by Crippen LogP contribution is -1.98. The van der Waals surface area contributed by atoms with Gasteiger partial charge in [0, 0.05) is 11.1 Å². The molecule has 0 aliphatic heterocycles. The third kappa shape index (κ3) is 1.39. The van der Waals surface area contributed by atoms with Crippen LogP contribution in [0.1, 0.15) is 28.2 Å². The minimum atomic E-state index is 0.0281. The van der Waals surface area contributed by atoms with E-state index in [1.807, 2.05) is 30.3 Å². The van der Waals surface area contributed by atoms with Crippen molar-refractivity contribution >= 4 is 11.6 Å². The highest BCUT2D eigenvalue weighted by molar-refractivity contribution is 6.00. The zero-order valence-corrected chi connectivity index (χ0v) is 10.5. The molecule has 3 rings (SSSR count). The number of fused-ring (bicyclic) bond motifs is 3. The van der Waals surface area contributed by atoms with E-state index in [1.165, 1.54) is 0 Å². The molecule has 20 heavy (non-hydrogen) atoms. The monoisotopic (exact) mass is 256 g/mol. The van der Waals surface area contributed by atoms with Crippen LogP contribution >= 0.6 is 0 Å². The standard InChI is InChI=1S/C16H8N4/c1-3-10-5-4-6-11-14(10)9(2)15-16(11)20-13(8-18)12(7-17)19-15/h3-6H,1-2H2. The molecular weight excluding hydrogens is 248 g/mol. The van der Waals surface area contributed by atoms with Crippen molar-refractivity contribution in [2.75, 3.05) is 0 Å². The van der Waals surface area contributed by atoms with E-state index in [9.17, 15) is 0 Å². The van der Waals surface area contributed by atoms with Crippen molar-refractivity contribution in [3.63, 3.8) is 0 Å². The molecule has 1 aromatic carbocycles. The fourth-order valence-electron chi connectivity index (χ4n) is 2.38. The molecule has 0 N–H and O–H groups in total. The molecule has 0 spiro atoms. The van der Waals surface area contributed by atoms with Gasteiger partial charge in [-0.25, -0.2) is 9.97 Å². The number of nitriles is 2. The molecule has 0 saturated heterocycles. The van der Waals surface area contributed by atoms with Crippen LogP contribution in [0.25, 0.3) is 22.9 Å². The van der Waals surface area contributed by atoms with Crippen LogP contribution in [0.5, 0.6) is 0 Å². The fourth-order valence-corrected chi connectivity index (χ4v) is 2.38. The highest BCUT2D eigenvalue weighted by Crippen LogP contribution is 2.43. The molecule has 92 valence electrons. The Bertz CT molecular complexity index is 863. The third-order valence-corrected chi connectivity index (χ3v) is 3.27. The Balaban J connectivity index is 2.39. The summed E-state index contributed by atoms with van der Waals surface area (Å²) in [6.07, 6.45) is 1.74. The predicted octanol–water partition coefficient (Wildman–Crippen LogP) is 2.90. The highest BCUT2D eigenvalue weighted by Gasteiger charge is 2.28. The second-order valence-corrected chi connectivity index (χ2v) is 4.29. The second-order valence-electron chi connectivity index (χ2n) is 4.29. The van der Waals surface area contributed by atoms with Gasteiger partial charge in [0.25, 0.3) is 0 Å². The number of hydrogen-bond acceptors (Lipinski definition) is 4. The average Bonchev–Trinajstić information content (AvgIpc) is 2.78. The number of hydrogen-bond donors (Lipinski definition) is 0. The smallest absolute Gasteiger partial charge is 0.177 e. The van der Waals surface area contributed by atoms with Gasteiger partial charge >= 0.3 is 0 Å². The molecule has 0 bridgehead atoms. The molecule has 0 amide bonds. The van der Waals surface area contributed by atoms with Crippen LogP contribution in [-0.2, 0) is 0 Å². The maximum Gasteiger partial charge on any atom is 0.177 e. The molecule has 0 fully saturated rings. The fraction of sp³-hybridized carbons (Fsp3) is 0. The summed E-state index contributed by atoms with van der Waals surface area (Å²) in [5.41, 5.74) is 4.65. The quantitative estimate of drug-likeness (QED) is 0.671. The summed E-state index contributed by atoms with van der Waals surface area (Å²) in [6, 6.07) is 9.53. The van der Waals surface area contributed by atoms with Crippen LogP contribution < -0.4 is 0 Å². The van der Waals surface area contributed by atoms with Crippen LogP contribution in [0.2, 0.25) is 0 Å². The summed E-state index contributed by atoms with van der Waals surface area (Å²) in [4.78, 5) is 8.50. The van der Waals surface area contributed by atoms with Gasteiger partial charge in [0.05, 0.1) is 11.4 Å². The van der Waals surface area contributed by atoms with E-state index in [2.05, 4.69) is 23.1 Å². The molecule has 1 aromatic heterocycles.